The molecular weight excluding hydrogens is 409 g/mol. The highest BCUT2D eigenvalue weighted by molar-refractivity contribution is 5.81. The molecule has 7 nitrogen and oxygen atoms in total. The Bertz CT molecular complexity index is 1150. The Morgan fingerprint density at radius 3 is 2.31 bits per heavy atom. The van der Waals surface area contributed by atoms with Gasteiger partial charge < -0.3 is 9.67 Å². The maximum absolute atomic E-state index is 13.6. The van der Waals surface area contributed by atoms with Crippen molar-refractivity contribution in [3.05, 3.63) is 48.7 Å². The van der Waals surface area contributed by atoms with E-state index < -0.39 is 6.09 Å². The Hall–Kier alpha value is -3.29. The van der Waals surface area contributed by atoms with Gasteiger partial charge in [0.25, 0.3) is 0 Å². The predicted molar refractivity (Wildman–Crippen MR) is 116 cm³/mol. The number of amides is 1. The molecule has 4 aliphatic rings. The zero-order valence-electron chi connectivity index (χ0n) is 17.5. The van der Waals surface area contributed by atoms with Crippen molar-refractivity contribution < 1.29 is 14.3 Å². The monoisotopic (exact) mass is 433 g/mol. The number of hydrogen-bond acceptors (Lipinski definition) is 4. The normalized spacial score (nSPS) is 28.1. The second-order valence-electron chi connectivity index (χ2n) is 9.66. The molecule has 0 radical (unpaired) electrons. The van der Waals surface area contributed by atoms with Crippen molar-refractivity contribution in [3.63, 3.8) is 0 Å². The van der Waals surface area contributed by atoms with Gasteiger partial charge in [0.15, 0.2) is 0 Å². The van der Waals surface area contributed by atoms with Crippen LogP contribution in [0.4, 0.5) is 15.1 Å². The number of imidazole rings is 1. The Morgan fingerprint density at radius 1 is 1.03 bits per heavy atom. The minimum Gasteiger partial charge on any atom is -0.465 e. The van der Waals surface area contributed by atoms with Gasteiger partial charge in [-0.3, -0.25) is 5.32 Å². The van der Waals surface area contributed by atoms with E-state index in [2.05, 4.69) is 19.9 Å². The fourth-order valence-corrected chi connectivity index (χ4v) is 6.78. The van der Waals surface area contributed by atoms with E-state index in [0.29, 0.717) is 5.69 Å². The molecule has 0 unspecified atom stereocenters. The smallest absolute Gasteiger partial charge is 0.411 e. The van der Waals surface area contributed by atoms with E-state index in [9.17, 15) is 9.18 Å². The van der Waals surface area contributed by atoms with Crippen LogP contribution in [0.25, 0.3) is 22.6 Å². The van der Waals surface area contributed by atoms with Gasteiger partial charge in [-0.05, 0) is 86.6 Å². The molecule has 2 aromatic heterocycles. The van der Waals surface area contributed by atoms with E-state index in [1.165, 1.54) is 31.4 Å². The number of nitrogens with zero attached hydrogens (tertiary/aromatic N) is 4. The standard InChI is InChI=1S/C24H24FN5O2/c25-18-3-1-17(2-4-18)20-21(19-5-6-26-22(28-19)29-23(31)32)30(13-27-20)24-10-14-7-15(11-24)9-16(8-14)12-24/h1-6,13-16H,7-12H2,(H,31,32)(H,26,28,29). The van der Waals surface area contributed by atoms with Gasteiger partial charge in [0.2, 0.25) is 5.95 Å². The van der Waals surface area contributed by atoms with Gasteiger partial charge in [-0.15, -0.1) is 0 Å². The molecule has 0 saturated heterocycles. The maximum Gasteiger partial charge on any atom is 0.411 e. The molecule has 1 amide bonds. The van der Waals surface area contributed by atoms with E-state index >= 15 is 0 Å². The minimum atomic E-state index is -1.21. The van der Waals surface area contributed by atoms with E-state index in [0.717, 1.165) is 54.0 Å². The predicted octanol–water partition coefficient (Wildman–Crippen LogP) is 5.16. The summed E-state index contributed by atoms with van der Waals surface area (Å²) in [4.78, 5) is 24.5. The Kier molecular flexibility index (Phi) is 4.31. The van der Waals surface area contributed by atoms with Crippen LogP contribution in [0, 0.1) is 23.6 Å². The Balaban J connectivity index is 1.52. The molecule has 4 fully saturated rings. The summed E-state index contributed by atoms with van der Waals surface area (Å²) in [5, 5.41) is 11.4. The second kappa shape index (κ2) is 7.12. The molecule has 0 atom stereocenters. The van der Waals surface area contributed by atoms with Gasteiger partial charge in [-0.25, -0.2) is 24.1 Å². The SMILES string of the molecule is O=C(O)Nc1nccc(-c2c(-c3ccc(F)cc3)ncn2C23CC4CC(CC(C4)C2)C3)n1. The number of hydrogen-bond donors (Lipinski definition) is 2. The van der Waals surface area contributed by atoms with Gasteiger partial charge in [0.1, 0.15) is 5.82 Å². The third kappa shape index (κ3) is 3.16. The minimum absolute atomic E-state index is 0.000698. The first-order chi connectivity index (χ1) is 15.5. The highest BCUT2D eigenvalue weighted by Crippen LogP contribution is 2.59. The van der Waals surface area contributed by atoms with Crippen molar-refractivity contribution >= 4 is 12.0 Å². The number of halogens is 1. The van der Waals surface area contributed by atoms with Gasteiger partial charge in [-0.2, -0.15) is 0 Å². The molecule has 4 aliphatic carbocycles. The fourth-order valence-electron chi connectivity index (χ4n) is 6.78. The lowest BCUT2D eigenvalue weighted by atomic mass is 9.53. The molecule has 8 heteroatoms. The molecule has 3 aromatic rings. The van der Waals surface area contributed by atoms with Crippen LogP contribution in [0.1, 0.15) is 38.5 Å². The number of aromatic nitrogens is 4. The molecule has 0 aliphatic heterocycles. The van der Waals surface area contributed by atoms with Crippen molar-refractivity contribution in [2.24, 2.45) is 17.8 Å². The molecule has 164 valence electrons. The molecule has 4 saturated carbocycles. The lowest BCUT2D eigenvalue weighted by Gasteiger charge is -2.57. The summed E-state index contributed by atoms with van der Waals surface area (Å²) in [6, 6.07) is 8.10. The number of benzene rings is 1. The third-order valence-electron chi connectivity index (χ3n) is 7.52. The van der Waals surface area contributed by atoms with Crippen LogP contribution in [0.15, 0.2) is 42.9 Å². The molecule has 32 heavy (non-hydrogen) atoms. The fraction of sp³-hybridized carbons (Fsp3) is 0.417. The summed E-state index contributed by atoms with van der Waals surface area (Å²) in [5.74, 6) is 1.98. The van der Waals surface area contributed by atoms with Crippen LogP contribution < -0.4 is 5.32 Å². The van der Waals surface area contributed by atoms with Crippen molar-refractivity contribution in [2.75, 3.05) is 5.32 Å². The number of rotatable bonds is 4. The zero-order valence-corrected chi connectivity index (χ0v) is 17.5. The second-order valence-corrected chi connectivity index (χ2v) is 9.66. The van der Waals surface area contributed by atoms with E-state index in [-0.39, 0.29) is 17.3 Å². The third-order valence-corrected chi connectivity index (χ3v) is 7.52. The van der Waals surface area contributed by atoms with Gasteiger partial charge in [0, 0.05) is 17.3 Å². The van der Waals surface area contributed by atoms with E-state index in [1.54, 1.807) is 24.4 Å². The Labute approximate surface area is 184 Å². The topological polar surface area (TPSA) is 92.9 Å². The average Bonchev–Trinajstić information content (AvgIpc) is 3.19. The van der Waals surface area contributed by atoms with E-state index in [1.807, 2.05) is 6.33 Å². The molecule has 0 spiro atoms. The summed E-state index contributed by atoms with van der Waals surface area (Å²) in [6.07, 6.45) is 9.64. The maximum atomic E-state index is 13.6. The van der Waals surface area contributed by atoms with Crippen LogP contribution in [-0.4, -0.2) is 30.7 Å². The summed E-state index contributed by atoms with van der Waals surface area (Å²) in [5.41, 5.74) is 2.98. The van der Waals surface area contributed by atoms with Gasteiger partial charge >= 0.3 is 6.09 Å². The first-order valence-electron chi connectivity index (χ1n) is 11.2. The van der Waals surface area contributed by atoms with E-state index in [4.69, 9.17) is 10.1 Å². The lowest BCUT2D eigenvalue weighted by molar-refractivity contribution is -0.0423. The number of carboxylic acid groups (broad SMARTS) is 1. The molecule has 1 aromatic carbocycles. The quantitative estimate of drug-likeness (QED) is 0.593. The van der Waals surface area contributed by atoms with Gasteiger partial charge in [-0.1, -0.05) is 0 Å². The Morgan fingerprint density at radius 2 is 1.69 bits per heavy atom. The number of nitrogens with one attached hydrogen (secondary N) is 1. The summed E-state index contributed by atoms with van der Waals surface area (Å²) in [7, 11) is 0. The molecular formula is C24H24FN5O2. The molecule has 7 rings (SSSR count). The summed E-state index contributed by atoms with van der Waals surface area (Å²) in [6.45, 7) is 0. The molecule has 2 N–H and O–H groups in total. The number of carbonyl (C=O) groups is 1. The molecule has 4 bridgehead atoms. The number of anilines is 1. The highest BCUT2D eigenvalue weighted by Gasteiger charge is 2.52. The van der Waals surface area contributed by atoms with Crippen molar-refractivity contribution in [1.82, 2.24) is 19.5 Å². The lowest BCUT2D eigenvalue weighted by Crippen LogP contribution is -2.51. The highest BCUT2D eigenvalue weighted by atomic mass is 19.1. The van der Waals surface area contributed by atoms with Crippen molar-refractivity contribution in [2.45, 2.75) is 44.1 Å². The summed E-state index contributed by atoms with van der Waals surface area (Å²) >= 11 is 0. The first kappa shape index (κ1) is 19.4. The van der Waals surface area contributed by atoms with Crippen LogP contribution in [-0.2, 0) is 5.54 Å². The summed E-state index contributed by atoms with van der Waals surface area (Å²) < 4.78 is 15.9. The van der Waals surface area contributed by atoms with Crippen LogP contribution in [0.2, 0.25) is 0 Å². The molecule has 2 heterocycles. The van der Waals surface area contributed by atoms with Crippen LogP contribution in [0.5, 0.6) is 0 Å². The van der Waals surface area contributed by atoms with Crippen molar-refractivity contribution in [3.8, 4) is 22.6 Å². The van der Waals surface area contributed by atoms with Crippen molar-refractivity contribution in [1.29, 1.82) is 0 Å². The van der Waals surface area contributed by atoms with Crippen LogP contribution in [0.3, 0.4) is 0 Å². The van der Waals surface area contributed by atoms with Crippen LogP contribution >= 0.6 is 0 Å². The largest absolute Gasteiger partial charge is 0.465 e. The first-order valence-corrected chi connectivity index (χ1v) is 11.2. The average molecular weight is 433 g/mol. The zero-order chi connectivity index (χ0) is 21.9. The van der Waals surface area contributed by atoms with Gasteiger partial charge in [0.05, 0.1) is 23.4 Å².